The number of carbonyl (C=O) groups excluding carboxylic acids is 1. The molecule has 0 radical (unpaired) electrons. The van der Waals surface area contributed by atoms with E-state index in [2.05, 4.69) is 29.6 Å². The summed E-state index contributed by atoms with van der Waals surface area (Å²) in [7, 11) is 6.65. The Morgan fingerprint density at radius 2 is 1.23 bits per heavy atom. The van der Waals surface area contributed by atoms with Crippen molar-refractivity contribution in [1.82, 2.24) is 10.2 Å². The first kappa shape index (κ1) is 27.0. The van der Waals surface area contributed by atoms with Gasteiger partial charge in [0.25, 0.3) is 0 Å². The average Bonchev–Trinajstić information content (AvgIpc) is 3.14. The molecule has 1 N–H and O–H groups in total. The van der Waals surface area contributed by atoms with Crippen LogP contribution in [0.2, 0.25) is 0 Å². The van der Waals surface area contributed by atoms with Crippen LogP contribution in [0.4, 0.5) is 0 Å². The molecule has 1 aliphatic heterocycles. The third kappa shape index (κ3) is 6.14. The predicted octanol–water partition coefficient (Wildman–Crippen LogP) is 3.46. The Morgan fingerprint density at radius 1 is 0.800 bits per heavy atom. The molecule has 1 amide bonds. The summed E-state index contributed by atoms with van der Waals surface area (Å²) in [6.07, 6.45) is 4.23. The maximum atomic E-state index is 12.9. The highest BCUT2D eigenvalue weighted by atomic mass is 35.5. The van der Waals surface area contributed by atoms with E-state index in [9.17, 15) is 4.79 Å². The van der Waals surface area contributed by atoms with Crippen LogP contribution in [0.3, 0.4) is 0 Å². The van der Waals surface area contributed by atoms with Crippen LogP contribution in [0.25, 0.3) is 0 Å². The second-order valence-electron chi connectivity index (χ2n) is 9.06. The molecule has 0 saturated heterocycles. The standard InChI is InChI=1S/C27H36N2O5.ClH/c1-31-23-13-19-6-9-29(10-7-20(19)14-24(23)32-2)27(30)5-8-28-17-18-11-21-15-25(33-3)26(34-4)16-22(21)12-18;/h13-16,18,28H,5-12,17H2,1-4H3;1H. The summed E-state index contributed by atoms with van der Waals surface area (Å²) < 4.78 is 21.8. The summed E-state index contributed by atoms with van der Waals surface area (Å²) in [5.74, 6) is 3.81. The van der Waals surface area contributed by atoms with Crippen molar-refractivity contribution in [3.63, 3.8) is 0 Å². The van der Waals surface area contributed by atoms with Crippen molar-refractivity contribution in [3.05, 3.63) is 46.5 Å². The maximum Gasteiger partial charge on any atom is 0.223 e. The highest BCUT2D eigenvalue weighted by Gasteiger charge is 2.24. The van der Waals surface area contributed by atoms with Crippen LogP contribution < -0.4 is 24.3 Å². The number of rotatable bonds is 9. The molecule has 35 heavy (non-hydrogen) atoms. The third-order valence-corrected chi connectivity index (χ3v) is 7.03. The molecular weight excluding hydrogens is 468 g/mol. The molecular formula is C27H37ClN2O5. The lowest BCUT2D eigenvalue weighted by molar-refractivity contribution is -0.131. The second-order valence-corrected chi connectivity index (χ2v) is 9.06. The molecule has 0 aromatic heterocycles. The van der Waals surface area contributed by atoms with E-state index in [1.165, 1.54) is 22.3 Å². The third-order valence-electron chi connectivity index (χ3n) is 7.03. The van der Waals surface area contributed by atoms with Gasteiger partial charge in [-0.1, -0.05) is 0 Å². The van der Waals surface area contributed by atoms with Gasteiger partial charge in [-0.05, 0) is 84.7 Å². The largest absolute Gasteiger partial charge is 0.493 e. The molecule has 0 saturated carbocycles. The van der Waals surface area contributed by atoms with Crippen LogP contribution in [0.15, 0.2) is 24.3 Å². The Kier molecular flexibility index (Phi) is 9.52. The van der Waals surface area contributed by atoms with Gasteiger partial charge >= 0.3 is 0 Å². The van der Waals surface area contributed by atoms with Gasteiger partial charge in [-0.15, -0.1) is 12.4 Å². The van der Waals surface area contributed by atoms with Gasteiger partial charge in [0.1, 0.15) is 0 Å². The van der Waals surface area contributed by atoms with Crippen LogP contribution in [-0.4, -0.2) is 65.4 Å². The maximum absolute atomic E-state index is 12.9. The van der Waals surface area contributed by atoms with Crippen LogP contribution in [-0.2, 0) is 30.5 Å². The van der Waals surface area contributed by atoms with Crippen molar-refractivity contribution in [3.8, 4) is 23.0 Å². The lowest BCUT2D eigenvalue weighted by Gasteiger charge is -2.20. The van der Waals surface area contributed by atoms with E-state index in [-0.39, 0.29) is 18.3 Å². The topological polar surface area (TPSA) is 69.3 Å². The lowest BCUT2D eigenvalue weighted by atomic mass is 10.0. The van der Waals surface area contributed by atoms with Gasteiger partial charge in [0.15, 0.2) is 23.0 Å². The van der Waals surface area contributed by atoms with E-state index in [1.54, 1.807) is 28.4 Å². The summed E-state index contributed by atoms with van der Waals surface area (Å²) in [6, 6.07) is 8.30. The first-order valence-electron chi connectivity index (χ1n) is 12.0. The van der Waals surface area contributed by atoms with Crippen molar-refractivity contribution in [2.45, 2.75) is 32.1 Å². The van der Waals surface area contributed by atoms with Gasteiger partial charge in [0.05, 0.1) is 28.4 Å². The number of carbonyl (C=O) groups is 1. The van der Waals surface area contributed by atoms with Crippen molar-refractivity contribution in [2.24, 2.45) is 5.92 Å². The van der Waals surface area contributed by atoms with E-state index < -0.39 is 0 Å². The number of hydrogen-bond acceptors (Lipinski definition) is 6. The van der Waals surface area contributed by atoms with Gasteiger partial charge in [0, 0.05) is 26.1 Å². The van der Waals surface area contributed by atoms with Gasteiger partial charge in [-0.2, -0.15) is 0 Å². The first-order chi connectivity index (χ1) is 16.6. The first-order valence-corrected chi connectivity index (χ1v) is 12.0. The van der Waals surface area contributed by atoms with Crippen molar-refractivity contribution in [1.29, 1.82) is 0 Å². The Hall–Kier alpha value is -2.64. The van der Waals surface area contributed by atoms with Crippen LogP contribution in [0.5, 0.6) is 23.0 Å². The van der Waals surface area contributed by atoms with E-state index in [4.69, 9.17) is 18.9 Å². The Morgan fingerprint density at radius 3 is 1.66 bits per heavy atom. The van der Waals surface area contributed by atoms with Crippen molar-refractivity contribution >= 4 is 18.3 Å². The fourth-order valence-electron chi connectivity index (χ4n) is 5.14. The molecule has 2 aromatic rings. The molecule has 7 nitrogen and oxygen atoms in total. The summed E-state index contributed by atoms with van der Waals surface area (Å²) in [6.45, 7) is 3.08. The van der Waals surface area contributed by atoms with E-state index in [0.717, 1.165) is 68.3 Å². The lowest BCUT2D eigenvalue weighted by Crippen LogP contribution is -2.35. The Bertz CT molecular complexity index is 961. The zero-order chi connectivity index (χ0) is 24.1. The minimum Gasteiger partial charge on any atom is -0.493 e. The summed E-state index contributed by atoms with van der Waals surface area (Å²) in [4.78, 5) is 14.9. The monoisotopic (exact) mass is 504 g/mol. The fourth-order valence-corrected chi connectivity index (χ4v) is 5.14. The number of nitrogens with zero attached hydrogens (tertiary/aromatic N) is 1. The summed E-state index contributed by atoms with van der Waals surface area (Å²) >= 11 is 0. The molecule has 0 bridgehead atoms. The molecule has 1 heterocycles. The molecule has 0 atom stereocenters. The summed E-state index contributed by atoms with van der Waals surface area (Å²) in [5.41, 5.74) is 5.14. The quantitative estimate of drug-likeness (QED) is 0.527. The van der Waals surface area contributed by atoms with Crippen molar-refractivity contribution < 1.29 is 23.7 Å². The van der Waals surface area contributed by atoms with Crippen LogP contribution >= 0.6 is 12.4 Å². The minimum atomic E-state index is 0. The van der Waals surface area contributed by atoms with Crippen LogP contribution in [0.1, 0.15) is 28.7 Å². The number of hydrogen-bond donors (Lipinski definition) is 1. The number of ether oxygens (including phenoxy) is 4. The molecule has 1 aliphatic carbocycles. The Balaban J connectivity index is 0.00000342. The molecule has 8 heteroatoms. The number of fused-ring (bicyclic) bond motifs is 2. The predicted molar refractivity (Wildman–Crippen MR) is 139 cm³/mol. The van der Waals surface area contributed by atoms with Gasteiger partial charge < -0.3 is 29.2 Å². The van der Waals surface area contributed by atoms with Gasteiger partial charge in [-0.3, -0.25) is 4.79 Å². The average molecular weight is 505 g/mol. The second kappa shape index (κ2) is 12.4. The molecule has 4 rings (SSSR count). The highest BCUT2D eigenvalue weighted by molar-refractivity contribution is 5.85. The van der Waals surface area contributed by atoms with Crippen molar-refractivity contribution in [2.75, 3.05) is 54.6 Å². The molecule has 0 fully saturated rings. The number of amides is 1. The molecule has 2 aromatic carbocycles. The number of halogens is 1. The number of benzene rings is 2. The smallest absolute Gasteiger partial charge is 0.223 e. The normalized spacial score (nSPS) is 14.9. The van der Waals surface area contributed by atoms with Crippen LogP contribution in [0, 0.1) is 5.92 Å². The van der Waals surface area contributed by atoms with Gasteiger partial charge in [-0.25, -0.2) is 0 Å². The zero-order valence-electron chi connectivity index (χ0n) is 21.1. The van der Waals surface area contributed by atoms with Gasteiger partial charge in [0.2, 0.25) is 5.91 Å². The Labute approximate surface area is 214 Å². The molecule has 0 unspecified atom stereocenters. The summed E-state index contributed by atoms with van der Waals surface area (Å²) in [5, 5.41) is 3.51. The molecule has 192 valence electrons. The number of methoxy groups -OCH3 is 4. The highest BCUT2D eigenvalue weighted by Crippen LogP contribution is 2.36. The molecule has 0 spiro atoms. The van der Waals surface area contributed by atoms with E-state index in [1.807, 2.05) is 4.90 Å². The fraction of sp³-hybridized carbons (Fsp3) is 0.519. The van der Waals surface area contributed by atoms with E-state index >= 15 is 0 Å². The zero-order valence-corrected chi connectivity index (χ0v) is 22.0. The molecule has 2 aliphatic rings. The SMILES string of the molecule is COc1cc2c(cc1OC)CCN(C(=O)CCNCC1Cc3cc(OC)c(OC)cc3C1)CC2.Cl. The van der Waals surface area contributed by atoms with E-state index in [0.29, 0.717) is 18.9 Å². The number of nitrogens with one attached hydrogen (secondary N) is 1. The minimum absolute atomic E-state index is 0.